The van der Waals surface area contributed by atoms with Crippen LogP contribution < -0.4 is 4.74 Å². The summed E-state index contributed by atoms with van der Waals surface area (Å²) in [6.45, 7) is 1.78. The van der Waals surface area contributed by atoms with Crippen LogP contribution in [-0.4, -0.2) is 19.8 Å². The van der Waals surface area contributed by atoms with Gasteiger partial charge in [0.15, 0.2) is 10.8 Å². The summed E-state index contributed by atoms with van der Waals surface area (Å²) in [5.74, 6) is 0.461. The van der Waals surface area contributed by atoms with Crippen LogP contribution in [0.1, 0.15) is 23.6 Å². The highest BCUT2D eigenvalue weighted by molar-refractivity contribution is 7.16. The van der Waals surface area contributed by atoms with Gasteiger partial charge in [-0.2, -0.15) is 22.8 Å². The van der Waals surface area contributed by atoms with Gasteiger partial charge in [0, 0.05) is 5.56 Å². The van der Waals surface area contributed by atoms with Crippen molar-refractivity contribution in [1.29, 1.82) is 0 Å². The molecular formula is C18H12F4N4OS. The standard InChI is InChI=1S/C18H12F4N4OS/c1-10(27-14-8-6-13(19)7-9-14)16-25-26-15(23-24-17(26)28-16)11-2-4-12(5-3-11)18(20,21)22/h2-10H,1H3. The Kier molecular flexibility index (Phi) is 4.50. The Bertz CT molecular complexity index is 1100. The van der Waals surface area contributed by atoms with Crippen LogP contribution in [0.15, 0.2) is 48.5 Å². The van der Waals surface area contributed by atoms with E-state index in [2.05, 4.69) is 15.3 Å². The van der Waals surface area contributed by atoms with Crippen molar-refractivity contribution in [2.45, 2.75) is 19.2 Å². The molecule has 0 amide bonds. The lowest BCUT2D eigenvalue weighted by atomic mass is 10.1. The van der Waals surface area contributed by atoms with E-state index in [1.807, 2.05) is 0 Å². The highest BCUT2D eigenvalue weighted by Gasteiger charge is 2.30. The van der Waals surface area contributed by atoms with Crippen LogP contribution in [0.2, 0.25) is 0 Å². The summed E-state index contributed by atoms with van der Waals surface area (Å²) in [6.07, 6.45) is -4.84. The van der Waals surface area contributed by atoms with Crippen molar-refractivity contribution in [3.8, 4) is 17.1 Å². The summed E-state index contributed by atoms with van der Waals surface area (Å²) in [5, 5.41) is 13.1. The lowest BCUT2D eigenvalue weighted by molar-refractivity contribution is -0.137. The number of nitrogens with zero attached hydrogens (tertiary/aromatic N) is 4. The molecule has 2 aromatic heterocycles. The largest absolute Gasteiger partial charge is 0.483 e. The number of fused-ring (bicyclic) bond motifs is 1. The minimum atomic E-state index is -4.40. The minimum absolute atomic E-state index is 0.334. The van der Waals surface area contributed by atoms with Crippen LogP contribution in [0.3, 0.4) is 0 Å². The van der Waals surface area contributed by atoms with E-state index < -0.39 is 17.8 Å². The quantitative estimate of drug-likeness (QED) is 0.438. The van der Waals surface area contributed by atoms with Crippen LogP contribution in [-0.2, 0) is 6.18 Å². The van der Waals surface area contributed by atoms with Crippen molar-refractivity contribution in [2.75, 3.05) is 0 Å². The van der Waals surface area contributed by atoms with E-state index >= 15 is 0 Å². The van der Waals surface area contributed by atoms with Gasteiger partial charge in [0.2, 0.25) is 4.96 Å². The van der Waals surface area contributed by atoms with Gasteiger partial charge in [0.25, 0.3) is 0 Å². The molecule has 0 radical (unpaired) electrons. The van der Waals surface area contributed by atoms with Crippen LogP contribution in [0, 0.1) is 5.82 Å². The maximum absolute atomic E-state index is 13.0. The van der Waals surface area contributed by atoms with Crippen molar-refractivity contribution >= 4 is 16.3 Å². The van der Waals surface area contributed by atoms with E-state index in [1.54, 1.807) is 6.92 Å². The molecule has 5 nitrogen and oxygen atoms in total. The molecule has 4 rings (SSSR count). The number of alkyl halides is 3. The maximum atomic E-state index is 13.0. The Morgan fingerprint density at radius 1 is 1.00 bits per heavy atom. The average molecular weight is 408 g/mol. The molecule has 0 aliphatic carbocycles. The zero-order chi connectivity index (χ0) is 19.9. The van der Waals surface area contributed by atoms with Gasteiger partial charge in [0.05, 0.1) is 5.56 Å². The van der Waals surface area contributed by atoms with Crippen molar-refractivity contribution in [1.82, 2.24) is 19.8 Å². The van der Waals surface area contributed by atoms with Gasteiger partial charge < -0.3 is 4.74 Å². The fourth-order valence-corrected chi connectivity index (χ4v) is 3.37. The number of hydrogen-bond donors (Lipinski definition) is 0. The minimum Gasteiger partial charge on any atom is -0.483 e. The molecule has 0 saturated heterocycles. The monoisotopic (exact) mass is 408 g/mol. The first-order chi connectivity index (χ1) is 13.3. The highest BCUT2D eigenvalue weighted by atomic mass is 32.1. The van der Waals surface area contributed by atoms with Crippen LogP contribution in [0.4, 0.5) is 17.6 Å². The Balaban J connectivity index is 1.60. The summed E-state index contributed by atoms with van der Waals surface area (Å²) < 4.78 is 58.4. The van der Waals surface area contributed by atoms with Gasteiger partial charge >= 0.3 is 6.18 Å². The average Bonchev–Trinajstić information content (AvgIpc) is 3.24. The fraction of sp³-hybridized carbons (Fsp3) is 0.167. The molecule has 4 aromatic rings. The predicted octanol–water partition coefficient (Wildman–Crippen LogP) is 5.15. The molecule has 0 bridgehead atoms. The molecule has 2 heterocycles. The fourth-order valence-electron chi connectivity index (χ4n) is 2.55. The molecule has 1 atom stereocenters. The Labute approximate surface area is 160 Å². The number of ether oxygens (including phenoxy) is 1. The first kappa shape index (κ1) is 18.4. The molecular weight excluding hydrogens is 396 g/mol. The summed E-state index contributed by atoms with van der Waals surface area (Å²) in [6, 6.07) is 10.3. The van der Waals surface area contributed by atoms with E-state index in [0.29, 0.717) is 27.1 Å². The van der Waals surface area contributed by atoms with Gasteiger partial charge in [-0.05, 0) is 43.3 Å². The molecule has 0 aliphatic heterocycles. The summed E-state index contributed by atoms with van der Waals surface area (Å²) >= 11 is 1.25. The molecule has 0 N–H and O–H groups in total. The van der Waals surface area contributed by atoms with E-state index in [9.17, 15) is 17.6 Å². The molecule has 0 fully saturated rings. The molecule has 1 unspecified atom stereocenters. The smallest absolute Gasteiger partial charge is 0.416 e. The Hall–Kier alpha value is -3.01. The van der Waals surface area contributed by atoms with Gasteiger partial charge in [0.1, 0.15) is 17.7 Å². The number of hydrogen-bond acceptors (Lipinski definition) is 5. The maximum Gasteiger partial charge on any atom is 0.416 e. The normalized spacial score (nSPS) is 13.0. The lowest BCUT2D eigenvalue weighted by Gasteiger charge is -2.11. The second kappa shape index (κ2) is 6.86. The van der Waals surface area contributed by atoms with E-state index in [1.165, 1.54) is 52.3 Å². The molecule has 0 spiro atoms. The summed E-state index contributed by atoms with van der Waals surface area (Å²) in [4.78, 5) is 0.486. The lowest BCUT2D eigenvalue weighted by Crippen LogP contribution is -2.05. The van der Waals surface area contributed by atoms with Gasteiger partial charge in [-0.1, -0.05) is 23.5 Å². The van der Waals surface area contributed by atoms with Crippen molar-refractivity contribution in [3.05, 3.63) is 64.9 Å². The zero-order valence-corrected chi connectivity index (χ0v) is 15.1. The molecule has 0 saturated carbocycles. The second-order valence-corrected chi connectivity index (χ2v) is 6.93. The van der Waals surface area contributed by atoms with Gasteiger partial charge in [-0.25, -0.2) is 4.39 Å². The van der Waals surface area contributed by atoms with E-state index in [-0.39, 0.29) is 5.82 Å². The molecule has 0 aliphatic rings. The van der Waals surface area contributed by atoms with Crippen molar-refractivity contribution in [2.24, 2.45) is 0 Å². The SMILES string of the molecule is CC(Oc1ccc(F)cc1)c1nn2c(-c3ccc(C(F)(F)F)cc3)nnc2s1. The molecule has 28 heavy (non-hydrogen) atoms. The molecule has 2 aromatic carbocycles. The zero-order valence-electron chi connectivity index (χ0n) is 14.3. The number of halogens is 4. The third-order valence-corrected chi connectivity index (χ3v) is 5.01. The van der Waals surface area contributed by atoms with Crippen LogP contribution in [0.25, 0.3) is 16.3 Å². The van der Waals surface area contributed by atoms with Crippen molar-refractivity contribution in [3.63, 3.8) is 0 Å². The van der Waals surface area contributed by atoms with E-state index in [0.717, 1.165) is 12.1 Å². The van der Waals surface area contributed by atoms with Crippen LogP contribution in [0.5, 0.6) is 5.75 Å². The third-order valence-electron chi connectivity index (χ3n) is 3.95. The summed E-state index contributed by atoms with van der Waals surface area (Å²) in [7, 11) is 0. The predicted molar refractivity (Wildman–Crippen MR) is 94.5 cm³/mol. The van der Waals surface area contributed by atoms with Crippen LogP contribution >= 0.6 is 11.3 Å². The topological polar surface area (TPSA) is 52.3 Å². The number of rotatable bonds is 4. The first-order valence-electron chi connectivity index (χ1n) is 8.13. The Morgan fingerprint density at radius 2 is 1.68 bits per heavy atom. The van der Waals surface area contributed by atoms with Gasteiger partial charge in [-0.15, -0.1) is 10.2 Å². The van der Waals surface area contributed by atoms with Gasteiger partial charge in [-0.3, -0.25) is 0 Å². The summed E-state index contributed by atoms with van der Waals surface area (Å²) in [5.41, 5.74) is -0.276. The third kappa shape index (κ3) is 3.55. The Morgan fingerprint density at radius 3 is 2.32 bits per heavy atom. The van der Waals surface area contributed by atoms with Crippen molar-refractivity contribution < 1.29 is 22.3 Å². The molecule has 144 valence electrons. The molecule has 10 heteroatoms. The highest BCUT2D eigenvalue weighted by Crippen LogP contribution is 2.32. The second-order valence-electron chi connectivity index (χ2n) is 5.95. The number of benzene rings is 2. The number of aromatic nitrogens is 4. The van der Waals surface area contributed by atoms with E-state index in [4.69, 9.17) is 4.74 Å². The first-order valence-corrected chi connectivity index (χ1v) is 8.95.